The van der Waals surface area contributed by atoms with E-state index in [-0.39, 0.29) is 31.2 Å². The molecule has 140 valence electrons. The number of carbonyl (C=O) groups excluding carboxylic acids is 1. The van der Waals surface area contributed by atoms with E-state index in [1.54, 1.807) is 0 Å². The molecule has 1 amide bonds. The first-order valence-corrected chi connectivity index (χ1v) is 10.2. The van der Waals surface area contributed by atoms with Gasteiger partial charge in [0.15, 0.2) is 0 Å². The van der Waals surface area contributed by atoms with Crippen LogP contribution in [0.5, 0.6) is 0 Å². The fourth-order valence-corrected chi connectivity index (χ4v) is 3.24. The Hall–Kier alpha value is -2.25. The molecule has 0 heterocycles. The van der Waals surface area contributed by atoms with Crippen LogP contribution in [0.1, 0.15) is 24.5 Å². The molecule has 0 aliphatic carbocycles. The van der Waals surface area contributed by atoms with Crippen LogP contribution in [0, 0.1) is 5.82 Å². The lowest BCUT2D eigenvalue weighted by atomic mass is 10.1. The summed E-state index contributed by atoms with van der Waals surface area (Å²) in [5, 5.41) is 2.76. The van der Waals surface area contributed by atoms with Gasteiger partial charge in [0.1, 0.15) is 5.82 Å². The van der Waals surface area contributed by atoms with Crippen molar-refractivity contribution in [1.82, 2.24) is 4.31 Å². The molecule has 0 fully saturated rings. The third-order valence-electron chi connectivity index (χ3n) is 3.98. The molecule has 0 aliphatic heterocycles. The molecule has 0 bridgehead atoms. The summed E-state index contributed by atoms with van der Waals surface area (Å²) in [6.07, 6.45) is 2.04. The quantitative estimate of drug-likeness (QED) is 0.767. The van der Waals surface area contributed by atoms with Crippen molar-refractivity contribution in [1.29, 1.82) is 0 Å². The molecule has 0 atom stereocenters. The number of benzene rings is 2. The maximum Gasteiger partial charge on any atom is 0.225 e. The summed E-state index contributed by atoms with van der Waals surface area (Å²) in [7, 11) is -3.49. The van der Waals surface area contributed by atoms with Gasteiger partial charge in [-0.25, -0.2) is 12.8 Å². The minimum Gasteiger partial charge on any atom is -0.326 e. The monoisotopic (exact) mass is 378 g/mol. The molecule has 0 aromatic heterocycles. The molecule has 1 N–H and O–H groups in total. The Morgan fingerprint density at radius 2 is 1.62 bits per heavy atom. The molecular weight excluding hydrogens is 355 g/mol. The largest absolute Gasteiger partial charge is 0.326 e. The van der Waals surface area contributed by atoms with Crippen LogP contribution < -0.4 is 5.32 Å². The number of hydrogen-bond donors (Lipinski definition) is 1. The lowest BCUT2D eigenvalue weighted by Gasteiger charge is -2.20. The van der Waals surface area contributed by atoms with Crippen LogP contribution >= 0.6 is 0 Å². The van der Waals surface area contributed by atoms with E-state index >= 15 is 0 Å². The second-order valence-electron chi connectivity index (χ2n) is 6.07. The van der Waals surface area contributed by atoms with E-state index in [2.05, 4.69) is 12.2 Å². The highest BCUT2D eigenvalue weighted by atomic mass is 32.2. The average Bonchev–Trinajstić information content (AvgIpc) is 2.60. The van der Waals surface area contributed by atoms with Gasteiger partial charge in [-0.05, 0) is 41.8 Å². The molecule has 0 saturated carbocycles. The van der Waals surface area contributed by atoms with E-state index in [1.165, 1.54) is 34.1 Å². The highest BCUT2D eigenvalue weighted by molar-refractivity contribution is 7.88. The van der Waals surface area contributed by atoms with Crippen molar-refractivity contribution in [2.45, 2.75) is 26.3 Å². The zero-order valence-corrected chi connectivity index (χ0v) is 15.7. The van der Waals surface area contributed by atoms with Crippen molar-refractivity contribution in [3.05, 3.63) is 65.5 Å². The first-order chi connectivity index (χ1) is 12.3. The second kappa shape index (κ2) is 8.91. The molecule has 5 nitrogen and oxygen atoms in total. The Morgan fingerprint density at radius 3 is 2.15 bits per heavy atom. The fourth-order valence-electron chi connectivity index (χ4n) is 2.43. The third kappa shape index (κ3) is 6.24. The fraction of sp³-hybridized carbons (Fsp3) is 0.316. The van der Waals surface area contributed by atoms with E-state index in [1.807, 2.05) is 24.3 Å². The normalized spacial score (nSPS) is 11.5. The Labute approximate surface area is 153 Å². The van der Waals surface area contributed by atoms with Gasteiger partial charge in [0.25, 0.3) is 0 Å². The summed E-state index contributed by atoms with van der Waals surface area (Å²) in [5.41, 5.74) is 2.51. The Bertz CT molecular complexity index is 834. The lowest BCUT2D eigenvalue weighted by molar-refractivity contribution is -0.116. The predicted octanol–water partition coefficient (Wildman–Crippen LogP) is 3.18. The van der Waals surface area contributed by atoms with Gasteiger partial charge in [0.2, 0.25) is 15.9 Å². The first kappa shape index (κ1) is 20.1. The van der Waals surface area contributed by atoms with E-state index < -0.39 is 10.0 Å². The van der Waals surface area contributed by atoms with E-state index in [0.717, 1.165) is 12.7 Å². The topological polar surface area (TPSA) is 66.5 Å². The summed E-state index contributed by atoms with van der Waals surface area (Å²) in [6, 6.07) is 13.1. The van der Waals surface area contributed by atoms with Crippen LogP contribution in [-0.4, -0.2) is 31.4 Å². The number of aryl methyl sites for hydroxylation is 1. The number of anilines is 1. The molecule has 2 rings (SSSR count). The summed E-state index contributed by atoms with van der Waals surface area (Å²) < 4.78 is 38.1. The minimum atomic E-state index is -3.49. The summed E-state index contributed by atoms with van der Waals surface area (Å²) in [4.78, 5) is 12.1. The number of hydrogen-bond acceptors (Lipinski definition) is 3. The second-order valence-corrected chi connectivity index (χ2v) is 8.05. The Kier molecular flexibility index (Phi) is 6.88. The molecule has 2 aromatic rings. The van der Waals surface area contributed by atoms with Gasteiger partial charge in [-0.2, -0.15) is 4.31 Å². The van der Waals surface area contributed by atoms with E-state index in [4.69, 9.17) is 0 Å². The summed E-state index contributed by atoms with van der Waals surface area (Å²) in [5.74, 6) is -0.643. The first-order valence-electron chi connectivity index (χ1n) is 8.36. The van der Waals surface area contributed by atoms with Gasteiger partial charge in [-0.3, -0.25) is 4.79 Å². The molecule has 7 heteroatoms. The van der Waals surface area contributed by atoms with Crippen molar-refractivity contribution in [2.24, 2.45) is 0 Å². The Morgan fingerprint density at radius 1 is 1.04 bits per heavy atom. The number of amides is 1. The molecule has 26 heavy (non-hydrogen) atoms. The van der Waals surface area contributed by atoms with Crippen molar-refractivity contribution >= 4 is 21.6 Å². The SMILES string of the molecule is CCc1ccc(NC(=O)CCN(Cc2ccc(F)cc2)S(C)(=O)=O)cc1. The molecule has 0 spiro atoms. The number of halogens is 1. The number of nitrogens with one attached hydrogen (secondary N) is 1. The number of carbonyl (C=O) groups is 1. The molecule has 2 aromatic carbocycles. The maximum absolute atomic E-state index is 13.0. The van der Waals surface area contributed by atoms with E-state index in [9.17, 15) is 17.6 Å². The molecule has 0 aliphatic rings. The van der Waals surface area contributed by atoms with Gasteiger partial charge in [0.05, 0.1) is 6.26 Å². The van der Waals surface area contributed by atoms with Gasteiger partial charge >= 0.3 is 0 Å². The summed E-state index contributed by atoms with van der Waals surface area (Å²) >= 11 is 0. The number of sulfonamides is 1. The maximum atomic E-state index is 13.0. The molecule has 0 saturated heterocycles. The van der Waals surface area contributed by atoms with Gasteiger partial charge in [-0.1, -0.05) is 31.2 Å². The van der Waals surface area contributed by atoms with Crippen molar-refractivity contribution in [3.63, 3.8) is 0 Å². The average molecular weight is 378 g/mol. The van der Waals surface area contributed by atoms with Gasteiger partial charge in [-0.15, -0.1) is 0 Å². The highest BCUT2D eigenvalue weighted by Crippen LogP contribution is 2.13. The smallest absolute Gasteiger partial charge is 0.225 e. The summed E-state index contributed by atoms with van der Waals surface area (Å²) in [6.45, 7) is 2.20. The molecule has 0 unspecified atom stereocenters. The zero-order valence-electron chi connectivity index (χ0n) is 14.9. The highest BCUT2D eigenvalue weighted by Gasteiger charge is 2.18. The van der Waals surface area contributed by atoms with Crippen LogP contribution in [0.2, 0.25) is 0 Å². The molecule has 0 radical (unpaired) electrons. The van der Waals surface area contributed by atoms with Crippen LogP contribution in [-0.2, 0) is 27.8 Å². The van der Waals surface area contributed by atoms with Crippen LogP contribution in [0.15, 0.2) is 48.5 Å². The zero-order chi connectivity index (χ0) is 19.2. The van der Waals surface area contributed by atoms with Crippen molar-refractivity contribution in [3.8, 4) is 0 Å². The Balaban J connectivity index is 1.95. The van der Waals surface area contributed by atoms with Crippen LogP contribution in [0.25, 0.3) is 0 Å². The van der Waals surface area contributed by atoms with Gasteiger partial charge < -0.3 is 5.32 Å². The standard InChI is InChI=1S/C19H23FN2O3S/c1-3-15-6-10-18(11-7-15)21-19(23)12-13-22(26(2,24)25)14-16-4-8-17(20)9-5-16/h4-11H,3,12-14H2,1-2H3,(H,21,23). The van der Waals surface area contributed by atoms with E-state index in [0.29, 0.717) is 11.3 Å². The van der Waals surface area contributed by atoms with Crippen LogP contribution in [0.3, 0.4) is 0 Å². The minimum absolute atomic E-state index is 0.0315. The van der Waals surface area contributed by atoms with Gasteiger partial charge in [0, 0.05) is 25.2 Å². The predicted molar refractivity (Wildman–Crippen MR) is 101 cm³/mol. The third-order valence-corrected chi connectivity index (χ3v) is 5.23. The molecular formula is C19H23FN2O3S. The number of nitrogens with zero attached hydrogens (tertiary/aromatic N) is 1. The van der Waals surface area contributed by atoms with Crippen molar-refractivity contribution in [2.75, 3.05) is 18.1 Å². The lowest BCUT2D eigenvalue weighted by Crippen LogP contribution is -2.32. The van der Waals surface area contributed by atoms with Crippen molar-refractivity contribution < 1.29 is 17.6 Å². The number of rotatable bonds is 8. The van der Waals surface area contributed by atoms with Crippen LogP contribution in [0.4, 0.5) is 10.1 Å².